The Kier molecular flexibility index (Phi) is 3.03. The predicted octanol–water partition coefficient (Wildman–Crippen LogP) is 0.885. The van der Waals surface area contributed by atoms with Crippen LogP contribution in [0.25, 0.3) is 0 Å². The Morgan fingerprint density at radius 1 is 1.53 bits per heavy atom. The van der Waals surface area contributed by atoms with Crippen molar-refractivity contribution in [2.75, 3.05) is 0 Å². The second-order valence-electron chi connectivity index (χ2n) is 4.18. The van der Waals surface area contributed by atoms with Crippen molar-refractivity contribution in [2.24, 2.45) is 0 Å². The molecular formula is C10H12N2O5. The van der Waals surface area contributed by atoms with Gasteiger partial charge in [-0.05, 0) is 20.8 Å². The van der Waals surface area contributed by atoms with Crippen LogP contribution in [0.2, 0.25) is 0 Å². The number of pyridine rings is 1. The third kappa shape index (κ3) is 2.17. The van der Waals surface area contributed by atoms with Crippen molar-refractivity contribution in [2.45, 2.75) is 26.3 Å². The van der Waals surface area contributed by atoms with Gasteiger partial charge in [0.1, 0.15) is 5.54 Å². The number of aryl methyl sites for hydroxylation is 1. The van der Waals surface area contributed by atoms with E-state index in [1.807, 2.05) is 0 Å². The van der Waals surface area contributed by atoms with E-state index in [2.05, 4.69) is 0 Å². The summed E-state index contributed by atoms with van der Waals surface area (Å²) in [6.07, 6.45) is 0.948. The maximum atomic E-state index is 11.8. The number of hydrogen-bond acceptors (Lipinski definition) is 4. The molecule has 1 N–H and O–H groups in total. The van der Waals surface area contributed by atoms with Gasteiger partial charge in [-0.3, -0.25) is 19.5 Å². The molecule has 1 aromatic rings. The summed E-state index contributed by atoms with van der Waals surface area (Å²) in [5.74, 6) is -1.24. The first-order valence-corrected chi connectivity index (χ1v) is 4.79. The molecule has 0 atom stereocenters. The Balaban J connectivity index is 3.59. The highest BCUT2D eigenvalue weighted by molar-refractivity contribution is 5.75. The second kappa shape index (κ2) is 4.00. The van der Waals surface area contributed by atoms with Crippen LogP contribution in [0.5, 0.6) is 0 Å². The van der Waals surface area contributed by atoms with Crippen LogP contribution in [0, 0.1) is 17.0 Å². The summed E-state index contributed by atoms with van der Waals surface area (Å²) in [4.78, 5) is 32.8. The molecular weight excluding hydrogens is 228 g/mol. The number of carboxylic acids is 1. The topological polar surface area (TPSA) is 102 Å². The number of aliphatic carboxylic acids is 1. The molecule has 0 aromatic carbocycles. The summed E-state index contributed by atoms with van der Waals surface area (Å²) < 4.78 is 0.864. The zero-order chi connectivity index (χ0) is 13.4. The van der Waals surface area contributed by atoms with E-state index in [-0.39, 0.29) is 11.3 Å². The highest BCUT2D eigenvalue weighted by atomic mass is 16.6. The summed E-state index contributed by atoms with van der Waals surface area (Å²) in [5.41, 5.74) is -2.26. The highest BCUT2D eigenvalue weighted by Crippen LogP contribution is 2.17. The molecule has 17 heavy (non-hydrogen) atoms. The Morgan fingerprint density at radius 3 is 2.47 bits per heavy atom. The number of carbonyl (C=O) groups is 1. The fraction of sp³-hybridized carbons (Fsp3) is 0.400. The summed E-state index contributed by atoms with van der Waals surface area (Å²) in [5, 5.41) is 19.7. The van der Waals surface area contributed by atoms with Crippen LogP contribution in [0.15, 0.2) is 17.1 Å². The summed E-state index contributed by atoms with van der Waals surface area (Å²) in [6.45, 7) is 4.02. The standard InChI is InChI=1S/C10H12N2O5/c1-6-4-7(12(16)17)5-11(8(6)13)10(2,3)9(14)15/h4-5H,1-3H3,(H,14,15). The molecule has 0 spiro atoms. The third-order valence-corrected chi connectivity index (χ3v) is 2.52. The molecule has 0 saturated carbocycles. The molecule has 1 rings (SSSR count). The number of aromatic nitrogens is 1. The van der Waals surface area contributed by atoms with E-state index in [1.54, 1.807) is 0 Å². The normalized spacial score (nSPS) is 11.2. The minimum atomic E-state index is -1.53. The molecule has 1 heterocycles. The number of nitrogens with zero attached hydrogens (tertiary/aromatic N) is 2. The van der Waals surface area contributed by atoms with Crippen LogP contribution >= 0.6 is 0 Å². The maximum absolute atomic E-state index is 11.8. The van der Waals surface area contributed by atoms with Crippen molar-refractivity contribution in [3.05, 3.63) is 38.3 Å². The van der Waals surface area contributed by atoms with E-state index in [4.69, 9.17) is 5.11 Å². The van der Waals surface area contributed by atoms with Crippen LogP contribution in [0.4, 0.5) is 5.69 Å². The van der Waals surface area contributed by atoms with Gasteiger partial charge in [0.2, 0.25) is 0 Å². The molecule has 0 fully saturated rings. The molecule has 0 saturated heterocycles. The van der Waals surface area contributed by atoms with Crippen LogP contribution < -0.4 is 5.56 Å². The van der Waals surface area contributed by atoms with E-state index < -0.39 is 22.0 Å². The first-order chi connectivity index (χ1) is 7.67. The third-order valence-electron chi connectivity index (χ3n) is 2.52. The van der Waals surface area contributed by atoms with Gasteiger partial charge in [0, 0.05) is 11.6 Å². The van der Waals surface area contributed by atoms with E-state index in [1.165, 1.54) is 20.8 Å². The van der Waals surface area contributed by atoms with Crippen molar-refractivity contribution < 1.29 is 14.8 Å². The van der Waals surface area contributed by atoms with Gasteiger partial charge in [-0.2, -0.15) is 0 Å². The minimum absolute atomic E-state index is 0.133. The van der Waals surface area contributed by atoms with Gasteiger partial charge in [-0.25, -0.2) is 4.79 Å². The van der Waals surface area contributed by atoms with Crippen LogP contribution in [-0.2, 0) is 10.3 Å². The maximum Gasteiger partial charge on any atom is 0.329 e. The Morgan fingerprint density at radius 2 is 2.06 bits per heavy atom. The monoisotopic (exact) mass is 240 g/mol. The van der Waals surface area contributed by atoms with Gasteiger partial charge in [0.15, 0.2) is 0 Å². The minimum Gasteiger partial charge on any atom is -0.480 e. The summed E-state index contributed by atoms with van der Waals surface area (Å²) in [7, 11) is 0. The van der Waals surface area contributed by atoms with Crippen molar-refractivity contribution in [3.63, 3.8) is 0 Å². The molecule has 7 nitrogen and oxygen atoms in total. The van der Waals surface area contributed by atoms with Gasteiger partial charge >= 0.3 is 5.97 Å². The summed E-state index contributed by atoms with van der Waals surface area (Å²) >= 11 is 0. The van der Waals surface area contributed by atoms with Crippen LogP contribution in [0.1, 0.15) is 19.4 Å². The number of carboxylic acid groups (broad SMARTS) is 1. The van der Waals surface area contributed by atoms with Crippen LogP contribution in [0.3, 0.4) is 0 Å². The lowest BCUT2D eigenvalue weighted by Crippen LogP contribution is -2.43. The smallest absolute Gasteiger partial charge is 0.329 e. The first-order valence-electron chi connectivity index (χ1n) is 4.79. The molecule has 0 aliphatic carbocycles. The fourth-order valence-corrected chi connectivity index (χ4v) is 1.32. The van der Waals surface area contributed by atoms with E-state index in [9.17, 15) is 19.7 Å². The Bertz CT molecular complexity index is 544. The summed E-state index contributed by atoms with van der Waals surface area (Å²) in [6, 6.07) is 1.12. The lowest BCUT2D eigenvalue weighted by Gasteiger charge is -2.22. The Hall–Kier alpha value is -2.18. The van der Waals surface area contributed by atoms with Gasteiger partial charge in [-0.1, -0.05) is 0 Å². The van der Waals surface area contributed by atoms with Crippen LogP contribution in [-0.4, -0.2) is 20.6 Å². The molecule has 0 aliphatic heterocycles. The van der Waals surface area contributed by atoms with Gasteiger partial charge in [0.05, 0.1) is 11.1 Å². The van der Waals surface area contributed by atoms with E-state index >= 15 is 0 Å². The highest BCUT2D eigenvalue weighted by Gasteiger charge is 2.32. The van der Waals surface area contributed by atoms with Crippen molar-refractivity contribution in [1.29, 1.82) is 0 Å². The average Bonchev–Trinajstić information content (AvgIpc) is 2.20. The number of rotatable bonds is 3. The number of nitro groups is 1. The van der Waals surface area contributed by atoms with Crippen molar-refractivity contribution >= 4 is 11.7 Å². The predicted molar refractivity (Wildman–Crippen MR) is 59.1 cm³/mol. The molecule has 0 aliphatic rings. The van der Waals surface area contributed by atoms with E-state index in [0.29, 0.717) is 0 Å². The first kappa shape index (κ1) is 12.9. The Labute approximate surface area is 96.5 Å². The van der Waals surface area contributed by atoms with Gasteiger partial charge < -0.3 is 5.11 Å². The molecule has 0 unspecified atom stereocenters. The van der Waals surface area contributed by atoms with Crippen molar-refractivity contribution in [1.82, 2.24) is 4.57 Å². The van der Waals surface area contributed by atoms with Gasteiger partial charge in [-0.15, -0.1) is 0 Å². The lowest BCUT2D eigenvalue weighted by molar-refractivity contribution is -0.385. The zero-order valence-electron chi connectivity index (χ0n) is 9.63. The average molecular weight is 240 g/mol. The largest absolute Gasteiger partial charge is 0.480 e. The SMILES string of the molecule is Cc1cc([N+](=O)[O-])cn(C(C)(C)C(=O)O)c1=O. The molecule has 92 valence electrons. The number of hydrogen-bond donors (Lipinski definition) is 1. The van der Waals surface area contributed by atoms with Crippen molar-refractivity contribution in [3.8, 4) is 0 Å². The molecule has 0 radical (unpaired) electrons. The molecule has 0 amide bonds. The molecule has 1 aromatic heterocycles. The fourth-order valence-electron chi connectivity index (χ4n) is 1.32. The van der Waals surface area contributed by atoms with Gasteiger partial charge in [0.25, 0.3) is 11.2 Å². The second-order valence-corrected chi connectivity index (χ2v) is 4.18. The molecule has 0 bridgehead atoms. The zero-order valence-corrected chi connectivity index (χ0v) is 9.63. The molecule has 7 heteroatoms. The lowest BCUT2D eigenvalue weighted by atomic mass is 10.1. The van der Waals surface area contributed by atoms with E-state index in [0.717, 1.165) is 16.8 Å². The quantitative estimate of drug-likeness (QED) is 0.624.